The summed E-state index contributed by atoms with van der Waals surface area (Å²) in [5, 5.41) is 11.0. The first kappa shape index (κ1) is 20.9. The van der Waals surface area contributed by atoms with E-state index in [0.29, 0.717) is 26.9 Å². The summed E-state index contributed by atoms with van der Waals surface area (Å²) in [7, 11) is 1.50. The van der Waals surface area contributed by atoms with Crippen LogP contribution in [0.1, 0.15) is 23.5 Å². The third kappa shape index (κ3) is 3.54. The van der Waals surface area contributed by atoms with Crippen LogP contribution in [0.15, 0.2) is 35.6 Å². The summed E-state index contributed by atoms with van der Waals surface area (Å²) in [5.41, 5.74) is -0.733. The fraction of sp³-hybridized carbons (Fsp3) is 0.316. The van der Waals surface area contributed by atoms with Crippen molar-refractivity contribution in [2.45, 2.75) is 23.9 Å². The number of halogens is 3. The number of thioether (sulfide) groups is 1. The molecule has 1 fully saturated rings. The topological polar surface area (TPSA) is 101 Å². The fourth-order valence-corrected chi connectivity index (χ4v) is 5.46. The van der Waals surface area contributed by atoms with E-state index in [1.54, 1.807) is 10.6 Å². The summed E-state index contributed by atoms with van der Waals surface area (Å²) in [5.74, 6) is 0.272. The van der Waals surface area contributed by atoms with E-state index in [1.165, 1.54) is 30.9 Å². The van der Waals surface area contributed by atoms with Gasteiger partial charge in [-0.25, -0.2) is 9.97 Å². The maximum atomic E-state index is 13.2. The molecule has 0 radical (unpaired) electrons. The molecule has 0 aliphatic heterocycles. The number of hydrogen-bond acceptors (Lipinski definition) is 7. The van der Waals surface area contributed by atoms with E-state index in [2.05, 4.69) is 30.5 Å². The van der Waals surface area contributed by atoms with Crippen LogP contribution in [0.4, 0.5) is 13.2 Å². The van der Waals surface area contributed by atoms with Gasteiger partial charge in [-0.3, -0.25) is 9.36 Å². The zero-order valence-corrected chi connectivity index (χ0v) is 18.2. The molecule has 32 heavy (non-hydrogen) atoms. The molecule has 2 N–H and O–H groups in total. The molecule has 8 nitrogen and oxygen atoms in total. The van der Waals surface area contributed by atoms with Gasteiger partial charge in [0.25, 0.3) is 5.91 Å². The van der Waals surface area contributed by atoms with Gasteiger partial charge in [0.1, 0.15) is 16.8 Å². The van der Waals surface area contributed by atoms with E-state index in [4.69, 9.17) is 0 Å². The Labute approximate surface area is 187 Å². The lowest BCUT2D eigenvalue weighted by atomic mass is 10.1. The molecule has 1 aliphatic carbocycles. The molecule has 1 aliphatic rings. The molecule has 4 aromatic rings. The summed E-state index contributed by atoms with van der Waals surface area (Å²) in [6.07, 6.45) is -0.897. The van der Waals surface area contributed by atoms with Crippen LogP contribution in [-0.4, -0.2) is 54.6 Å². The van der Waals surface area contributed by atoms with Crippen LogP contribution in [0.5, 0.6) is 0 Å². The second-order valence-electron chi connectivity index (χ2n) is 7.41. The molecule has 1 amide bonds. The molecule has 4 aromatic heterocycles. The highest BCUT2D eigenvalue weighted by Crippen LogP contribution is 2.59. The highest BCUT2D eigenvalue weighted by atomic mass is 32.2. The number of fused-ring (bicyclic) bond motifs is 1. The number of thiophene rings is 1. The maximum absolute atomic E-state index is 13.2. The molecule has 13 heteroatoms. The normalized spacial score (nSPS) is 15.2. The number of rotatable bonds is 6. The van der Waals surface area contributed by atoms with Gasteiger partial charge in [0.05, 0.1) is 10.3 Å². The van der Waals surface area contributed by atoms with Crippen molar-refractivity contribution in [3.63, 3.8) is 0 Å². The zero-order chi connectivity index (χ0) is 22.5. The molecule has 0 aromatic carbocycles. The van der Waals surface area contributed by atoms with Gasteiger partial charge >= 0.3 is 6.18 Å². The Morgan fingerprint density at radius 1 is 1.38 bits per heavy atom. The van der Waals surface area contributed by atoms with Crippen molar-refractivity contribution in [2.75, 3.05) is 12.8 Å². The molecule has 0 saturated heterocycles. The Kier molecular flexibility index (Phi) is 4.97. The van der Waals surface area contributed by atoms with E-state index in [0.717, 1.165) is 16.6 Å². The van der Waals surface area contributed by atoms with E-state index in [9.17, 15) is 18.0 Å². The Morgan fingerprint density at radius 3 is 2.84 bits per heavy atom. The lowest BCUT2D eigenvalue weighted by molar-refractivity contribution is -0.179. The van der Waals surface area contributed by atoms with Crippen LogP contribution in [0.3, 0.4) is 0 Å². The van der Waals surface area contributed by atoms with Crippen LogP contribution in [0.2, 0.25) is 0 Å². The first-order valence-electron chi connectivity index (χ1n) is 9.58. The van der Waals surface area contributed by atoms with Crippen LogP contribution in [0.25, 0.3) is 26.9 Å². The summed E-state index contributed by atoms with van der Waals surface area (Å²) in [4.78, 5) is 25.7. The Bertz CT molecular complexity index is 1290. The molecule has 5 rings (SSSR count). The SMILES string of the molecule is CNC(=O)c1nc2cc(SCC3(C(F)(F)F)CC3)cnc2n1-c1ccc(-c2nnc[nH]2)s1. The molecule has 0 atom stereocenters. The molecule has 1 saturated carbocycles. The molecule has 4 heterocycles. The Balaban J connectivity index is 1.51. The first-order valence-corrected chi connectivity index (χ1v) is 11.4. The highest BCUT2D eigenvalue weighted by molar-refractivity contribution is 7.99. The van der Waals surface area contributed by atoms with E-state index in [1.807, 2.05) is 12.1 Å². The Hall–Kier alpha value is -2.93. The van der Waals surface area contributed by atoms with Crippen molar-refractivity contribution in [1.82, 2.24) is 35.0 Å². The number of pyridine rings is 1. The Morgan fingerprint density at radius 2 is 2.19 bits per heavy atom. The summed E-state index contributed by atoms with van der Waals surface area (Å²) in [6.45, 7) is 0. The summed E-state index contributed by atoms with van der Waals surface area (Å²) >= 11 is 2.48. The second-order valence-corrected chi connectivity index (χ2v) is 9.52. The van der Waals surface area contributed by atoms with Crippen LogP contribution in [-0.2, 0) is 0 Å². The van der Waals surface area contributed by atoms with Crippen LogP contribution >= 0.6 is 23.1 Å². The summed E-state index contributed by atoms with van der Waals surface area (Å²) < 4.78 is 41.3. The second kappa shape index (κ2) is 7.59. The van der Waals surface area contributed by atoms with Gasteiger partial charge in [-0.1, -0.05) is 0 Å². The predicted octanol–water partition coefficient (Wildman–Crippen LogP) is 4.06. The van der Waals surface area contributed by atoms with Crippen LogP contribution in [0, 0.1) is 5.41 Å². The van der Waals surface area contributed by atoms with Crippen molar-refractivity contribution < 1.29 is 18.0 Å². The van der Waals surface area contributed by atoms with Gasteiger partial charge in [0, 0.05) is 23.9 Å². The average Bonchev–Trinajstić information content (AvgIpc) is 3.15. The standard InChI is InChI=1S/C19H16F3N7OS2/c1-23-17(30)16-27-11-6-10(31-8-18(4-5-18)19(20,21)22)7-24-15(11)29(16)13-3-2-12(32-13)14-25-9-26-28-14/h2-3,6-7,9H,4-5,8H2,1H3,(H,23,30)(H,25,26,28). The molecule has 0 bridgehead atoms. The van der Waals surface area contributed by atoms with E-state index < -0.39 is 17.5 Å². The minimum absolute atomic E-state index is 0.0574. The number of nitrogens with one attached hydrogen (secondary N) is 2. The first-order chi connectivity index (χ1) is 15.3. The van der Waals surface area contributed by atoms with Gasteiger partial charge in [-0.05, 0) is 31.0 Å². The lowest BCUT2D eigenvalue weighted by Crippen LogP contribution is -2.26. The molecule has 0 spiro atoms. The number of aromatic amines is 1. The number of H-pyrrole nitrogens is 1. The number of nitrogens with zero attached hydrogens (tertiary/aromatic N) is 5. The predicted molar refractivity (Wildman–Crippen MR) is 114 cm³/mol. The molecule has 166 valence electrons. The van der Waals surface area contributed by atoms with Gasteiger partial charge in [-0.2, -0.15) is 13.2 Å². The van der Waals surface area contributed by atoms with Crippen LogP contribution < -0.4 is 5.32 Å². The number of carbonyl (C=O) groups is 1. The quantitative estimate of drug-likeness (QED) is 0.405. The maximum Gasteiger partial charge on any atom is 0.395 e. The summed E-state index contributed by atoms with van der Waals surface area (Å²) in [6, 6.07) is 5.34. The average molecular weight is 480 g/mol. The van der Waals surface area contributed by atoms with Gasteiger partial charge in [0.2, 0.25) is 5.82 Å². The third-order valence-corrected chi connectivity index (χ3v) is 7.67. The monoisotopic (exact) mass is 479 g/mol. The van der Waals surface area contributed by atoms with Crippen molar-refractivity contribution in [1.29, 1.82) is 0 Å². The molecular formula is C19H16F3N7OS2. The van der Waals surface area contributed by atoms with Crippen molar-refractivity contribution in [3.05, 3.63) is 36.5 Å². The number of hydrogen-bond donors (Lipinski definition) is 2. The fourth-order valence-electron chi connectivity index (χ4n) is 3.28. The highest BCUT2D eigenvalue weighted by Gasteiger charge is 2.62. The lowest BCUT2D eigenvalue weighted by Gasteiger charge is -2.18. The van der Waals surface area contributed by atoms with E-state index in [-0.39, 0.29) is 24.4 Å². The number of alkyl halides is 3. The number of amides is 1. The van der Waals surface area contributed by atoms with Gasteiger partial charge in [0.15, 0.2) is 11.5 Å². The number of aromatic nitrogens is 6. The largest absolute Gasteiger partial charge is 0.395 e. The van der Waals surface area contributed by atoms with Crippen molar-refractivity contribution in [2.24, 2.45) is 5.41 Å². The van der Waals surface area contributed by atoms with Crippen molar-refractivity contribution in [3.8, 4) is 15.7 Å². The number of carbonyl (C=O) groups excluding carboxylic acids is 1. The molecular weight excluding hydrogens is 463 g/mol. The smallest absolute Gasteiger partial charge is 0.352 e. The van der Waals surface area contributed by atoms with Gasteiger partial charge in [-0.15, -0.1) is 33.3 Å². The molecule has 0 unspecified atom stereocenters. The minimum atomic E-state index is -4.20. The number of imidazole rings is 1. The third-order valence-electron chi connectivity index (χ3n) is 5.33. The minimum Gasteiger partial charge on any atom is -0.352 e. The van der Waals surface area contributed by atoms with Gasteiger partial charge < -0.3 is 10.3 Å². The van der Waals surface area contributed by atoms with Crippen molar-refractivity contribution >= 4 is 40.2 Å². The van der Waals surface area contributed by atoms with E-state index >= 15 is 0 Å². The zero-order valence-electron chi connectivity index (χ0n) is 16.6.